The van der Waals surface area contributed by atoms with E-state index in [2.05, 4.69) is 22.4 Å². The summed E-state index contributed by atoms with van der Waals surface area (Å²) in [7, 11) is -3.59. The van der Waals surface area contributed by atoms with Gasteiger partial charge in [-0.2, -0.15) is 0 Å². The molecule has 1 aliphatic heterocycles. The third-order valence-electron chi connectivity index (χ3n) is 4.55. The van der Waals surface area contributed by atoms with E-state index in [1.165, 1.54) is 15.6 Å². The Morgan fingerprint density at radius 3 is 2.87 bits per heavy atom. The average molecular weight is 510 g/mol. The number of anilines is 1. The fourth-order valence-corrected chi connectivity index (χ4v) is 6.65. The predicted molar refractivity (Wildman–Crippen MR) is 123 cm³/mol. The van der Waals surface area contributed by atoms with E-state index in [0.29, 0.717) is 40.1 Å². The van der Waals surface area contributed by atoms with Crippen molar-refractivity contribution < 1.29 is 13.2 Å². The monoisotopic (exact) mass is 508 g/mol. The number of halogens is 2. The molecule has 2 heterocycles. The van der Waals surface area contributed by atoms with E-state index in [4.69, 9.17) is 23.2 Å². The number of hydrogen-bond donors (Lipinski definition) is 1. The van der Waals surface area contributed by atoms with Crippen LogP contribution in [0.1, 0.15) is 31.7 Å². The summed E-state index contributed by atoms with van der Waals surface area (Å²) in [6.45, 7) is 2.62. The van der Waals surface area contributed by atoms with Crippen LogP contribution < -0.4 is 5.32 Å². The number of benzene rings is 1. The molecule has 0 unspecified atom stereocenters. The molecule has 0 radical (unpaired) electrons. The van der Waals surface area contributed by atoms with Gasteiger partial charge < -0.3 is 5.32 Å². The molecule has 1 saturated heterocycles. The van der Waals surface area contributed by atoms with Crippen LogP contribution in [0.5, 0.6) is 0 Å². The van der Waals surface area contributed by atoms with E-state index in [-0.39, 0.29) is 18.2 Å². The summed E-state index contributed by atoms with van der Waals surface area (Å²) in [4.78, 5) is 12.7. The molecule has 1 aromatic heterocycles. The van der Waals surface area contributed by atoms with Crippen molar-refractivity contribution in [2.75, 3.05) is 24.2 Å². The van der Waals surface area contributed by atoms with Crippen molar-refractivity contribution in [3.63, 3.8) is 0 Å². The molecule has 2 aromatic rings. The molecule has 1 aliphatic rings. The Labute approximate surface area is 194 Å². The number of hydrogen-bond acceptors (Lipinski definition) is 7. The summed E-state index contributed by atoms with van der Waals surface area (Å²) in [6.07, 6.45) is 2.27. The van der Waals surface area contributed by atoms with Crippen LogP contribution in [0, 0.1) is 5.92 Å². The second kappa shape index (κ2) is 10.6. The molecule has 0 aliphatic carbocycles. The molecule has 1 fully saturated rings. The van der Waals surface area contributed by atoms with Gasteiger partial charge in [0.25, 0.3) is 0 Å². The summed E-state index contributed by atoms with van der Waals surface area (Å²) >= 11 is 14.8. The normalized spacial score (nSPS) is 17.8. The number of nitrogens with zero attached hydrogens (tertiary/aromatic N) is 3. The van der Waals surface area contributed by atoms with Gasteiger partial charge in [0.15, 0.2) is 4.34 Å². The van der Waals surface area contributed by atoms with E-state index in [1.54, 1.807) is 30.0 Å². The Hall–Kier alpha value is -0.910. The highest BCUT2D eigenvalue weighted by molar-refractivity contribution is 8.01. The van der Waals surface area contributed by atoms with Gasteiger partial charge in [-0.1, -0.05) is 59.3 Å². The Bertz CT molecular complexity index is 1000. The van der Waals surface area contributed by atoms with Crippen molar-refractivity contribution in [2.24, 2.45) is 5.92 Å². The van der Waals surface area contributed by atoms with Gasteiger partial charge in [0.05, 0.1) is 21.7 Å². The van der Waals surface area contributed by atoms with Crippen LogP contribution in [-0.2, 0) is 20.6 Å². The van der Waals surface area contributed by atoms with Crippen LogP contribution in [0.3, 0.4) is 0 Å². The smallest absolute Gasteiger partial charge is 0.230 e. The van der Waals surface area contributed by atoms with E-state index < -0.39 is 15.9 Å². The lowest BCUT2D eigenvalue weighted by Crippen LogP contribution is -2.44. The Morgan fingerprint density at radius 1 is 1.33 bits per heavy atom. The Balaban J connectivity index is 1.61. The molecule has 7 nitrogen and oxygen atoms in total. The lowest BCUT2D eigenvalue weighted by Gasteiger charge is -2.31. The van der Waals surface area contributed by atoms with Crippen LogP contribution in [0.2, 0.25) is 10.0 Å². The van der Waals surface area contributed by atoms with Crippen LogP contribution >= 0.6 is 46.3 Å². The van der Waals surface area contributed by atoms with Crippen molar-refractivity contribution in [3.05, 3.63) is 33.8 Å². The zero-order valence-corrected chi connectivity index (χ0v) is 20.3. The van der Waals surface area contributed by atoms with Crippen molar-refractivity contribution in [3.8, 4) is 0 Å². The molecule has 0 saturated carbocycles. The quantitative estimate of drug-likeness (QED) is 0.415. The first-order chi connectivity index (χ1) is 14.3. The third-order valence-corrected chi connectivity index (χ3v) is 9.28. The highest BCUT2D eigenvalue weighted by Crippen LogP contribution is 2.28. The summed E-state index contributed by atoms with van der Waals surface area (Å²) in [5, 5.41) is 12.0. The first-order valence-corrected chi connectivity index (χ1v) is 13.6. The van der Waals surface area contributed by atoms with Crippen molar-refractivity contribution in [1.82, 2.24) is 14.5 Å². The largest absolute Gasteiger partial charge is 0.300 e. The van der Waals surface area contributed by atoms with Crippen LogP contribution in [0.4, 0.5) is 5.13 Å². The lowest BCUT2D eigenvalue weighted by atomic mass is 9.99. The molecule has 1 atom stereocenters. The number of amides is 1. The number of aromatic nitrogens is 2. The molecular weight excluding hydrogens is 487 g/mol. The minimum absolute atomic E-state index is 0.145. The average Bonchev–Trinajstić information content (AvgIpc) is 3.16. The third kappa shape index (κ3) is 6.30. The van der Waals surface area contributed by atoms with Crippen molar-refractivity contribution in [1.29, 1.82) is 0 Å². The first kappa shape index (κ1) is 23.7. The maximum Gasteiger partial charge on any atom is 0.230 e. The molecular formula is C18H22Cl2N4O3S3. The second-order valence-electron chi connectivity index (χ2n) is 6.91. The summed E-state index contributed by atoms with van der Waals surface area (Å²) in [5.41, 5.74) is 0.557. The SMILES string of the molecule is CCCSc1nnc(NC(=O)[C@@H]2CCCN(S(=O)(=O)Cc3ccc(Cl)c(Cl)c3)C2)s1. The molecule has 30 heavy (non-hydrogen) atoms. The van der Waals surface area contributed by atoms with Crippen LogP contribution in [-0.4, -0.2) is 47.7 Å². The Kier molecular flexibility index (Phi) is 8.39. The van der Waals surface area contributed by atoms with Gasteiger partial charge in [0, 0.05) is 18.8 Å². The van der Waals surface area contributed by atoms with Crippen molar-refractivity contribution >= 4 is 67.4 Å². The highest BCUT2D eigenvalue weighted by atomic mass is 35.5. The number of carbonyl (C=O) groups excluding carboxylic acids is 1. The zero-order chi connectivity index (χ0) is 21.7. The van der Waals surface area contributed by atoms with Gasteiger partial charge in [-0.3, -0.25) is 4.79 Å². The Morgan fingerprint density at radius 2 is 2.13 bits per heavy atom. The van der Waals surface area contributed by atoms with Gasteiger partial charge in [0.1, 0.15) is 0 Å². The van der Waals surface area contributed by atoms with Crippen molar-refractivity contribution in [2.45, 2.75) is 36.3 Å². The maximum absolute atomic E-state index is 12.9. The van der Waals surface area contributed by atoms with E-state index in [9.17, 15) is 13.2 Å². The molecule has 164 valence electrons. The minimum Gasteiger partial charge on any atom is -0.300 e. The molecule has 3 rings (SSSR count). The molecule has 12 heteroatoms. The van der Waals surface area contributed by atoms with Gasteiger partial charge in [-0.15, -0.1) is 10.2 Å². The van der Waals surface area contributed by atoms with Gasteiger partial charge in [0.2, 0.25) is 21.1 Å². The van der Waals surface area contributed by atoms with Gasteiger partial charge in [-0.05, 0) is 37.0 Å². The topological polar surface area (TPSA) is 92.3 Å². The number of piperidine rings is 1. The number of thioether (sulfide) groups is 1. The van der Waals surface area contributed by atoms with Gasteiger partial charge in [-0.25, -0.2) is 12.7 Å². The predicted octanol–water partition coefficient (Wildman–Crippen LogP) is 4.53. The molecule has 0 bridgehead atoms. The minimum atomic E-state index is -3.59. The number of rotatable bonds is 8. The fourth-order valence-electron chi connectivity index (χ4n) is 3.06. The molecule has 1 N–H and O–H groups in total. The second-order valence-corrected chi connectivity index (χ2v) is 12.0. The maximum atomic E-state index is 12.9. The van der Waals surface area contributed by atoms with E-state index in [1.807, 2.05) is 0 Å². The molecule has 1 amide bonds. The van der Waals surface area contributed by atoms with Crippen LogP contribution in [0.25, 0.3) is 0 Å². The molecule has 1 aromatic carbocycles. The summed E-state index contributed by atoms with van der Waals surface area (Å²) in [6, 6.07) is 4.78. The number of carbonyl (C=O) groups is 1. The standard InChI is InChI=1S/C18H22Cl2N4O3S3/c1-2-8-28-18-23-22-17(29-18)21-16(25)13-4-3-7-24(10-13)30(26,27)11-12-5-6-14(19)15(20)9-12/h5-6,9,13H,2-4,7-8,10-11H2,1H3,(H,21,22,25)/t13-/m1/s1. The molecule has 0 spiro atoms. The van der Waals surface area contributed by atoms with Crippen LogP contribution in [0.15, 0.2) is 22.5 Å². The fraction of sp³-hybridized carbons (Fsp3) is 0.500. The summed E-state index contributed by atoms with van der Waals surface area (Å²) < 4.78 is 27.9. The first-order valence-electron chi connectivity index (χ1n) is 9.47. The van der Waals surface area contributed by atoms with E-state index >= 15 is 0 Å². The van der Waals surface area contributed by atoms with Gasteiger partial charge >= 0.3 is 0 Å². The van der Waals surface area contributed by atoms with E-state index in [0.717, 1.165) is 16.5 Å². The lowest BCUT2D eigenvalue weighted by molar-refractivity contribution is -0.120. The highest BCUT2D eigenvalue weighted by Gasteiger charge is 2.33. The number of nitrogens with one attached hydrogen (secondary N) is 1. The summed E-state index contributed by atoms with van der Waals surface area (Å²) in [5.74, 6) is 0.0920. The number of sulfonamides is 1. The zero-order valence-electron chi connectivity index (χ0n) is 16.3.